The third-order valence-electron chi connectivity index (χ3n) is 6.83. The molecule has 2 N–H and O–H groups in total. The first-order valence-electron chi connectivity index (χ1n) is 12.8. The van der Waals surface area contributed by atoms with Crippen molar-refractivity contribution in [2.45, 2.75) is 39.3 Å². The van der Waals surface area contributed by atoms with Gasteiger partial charge in [0.2, 0.25) is 0 Å². The van der Waals surface area contributed by atoms with Gasteiger partial charge in [0.25, 0.3) is 0 Å². The van der Waals surface area contributed by atoms with Crippen molar-refractivity contribution in [3.8, 4) is 5.75 Å². The average Bonchev–Trinajstić information content (AvgIpc) is 3.32. The maximum atomic E-state index is 12.5. The number of nitrogens with zero attached hydrogens (tertiary/aromatic N) is 1. The topological polar surface area (TPSA) is 79.2 Å². The zero-order valence-electron chi connectivity index (χ0n) is 21.7. The molecule has 1 atom stereocenters. The fraction of sp³-hybridized carbons (Fsp3) is 0.258. The predicted molar refractivity (Wildman–Crippen MR) is 151 cm³/mol. The van der Waals surface area contributed by atoms with Crippen LogP contribution in [0.1, 0.15) is 36.5 Å². The third kappa shape index (κ3) is 4.79. The van der Waals surface area contributed by atoms with Gasteiger partial charge in [-0.1, -0.05) is 73.6 Å². The molecule has 5 rings (SSSR count). The Kier molecular flexibility index (Phi) is 7.49. The van der Waals surface area contributed by atoms with Crippen LogP contribution in [0.15, 0.2) is 88.8 Å². The molecular formula is C31H31NO5S. The van der Waals surface area contributed by atoms with E-state index in [-0.39, 0.29) is 5.70 Å². The number of fused-ring (bicyclic) bond motifs is 2. The van der Waals surface area contributed by atoms with Gasteiger partial charge in [0.1, 0.15) is 16.5 Å². The molecule has 0 aromatic heterocycles. The molecule has 0 saturated heterocycles. The molecule has 6 nitrogen and oxygen atoms in total. The number of carbonyl (C=O) groups is 1. The fourth-order valence-electron chi connectivity index (χ4n) is 4.97. The largest absolute Gasteiger partial charge is 0.494 e. The smallest absolute Gasteiger partial charge is 0.353 e. The van der Waals surface area contributed by atoms with Crippen LogP contribution in [0.3, 0.4) is 0 Å². The summed E-state index contributed by atoms with van der Waals surface area (Å²) in [6, 6.07) is 20.0. The van der Waals surface area contributed by atoms with E-state index in [0.717, 1.165) is 51.6 Å². The molecule has 0 aliphatic carbocycles. The van der Waals surface area contributed by atoms with Crippen molar-refractivity contribution in [3.63, 3.8) is 0 Å². The molecule has 2 aliphatic heterocycles. The first-order valence-corrected chi connectivity index (χ1v) is 13.6. The number of benzene rings is 3. The van der Waals surface area contributed by atoms with Crippen LogP contribution >= 0.6 is 11.8 Å². The minimum absolute atomic E-state index is 0.0339. The fourth-order valence-corrected chi connectivity index (χ4v) is 6.29. The summed E-state index contributed by atoms with van der Waals surface area (Å²) in [5, 5.41) is 24.2. The molecular weight excluding hydrogens is 498 g/mol. The minimum atomic E-state index is -1.14. The second-order valence-electron chi connectivity index (χ2n) is 9.40. The van der Waals surface area contributed by atoms with E-state index in [1.807, 2.05) is 43.3 Å². The Hall–Kier alpha value is -3.68. The molecule has 0 radical (unpaired) electrons. The van der Waals surface area contributed by atoms with Gasteiger partial charge in [-0.05, 0) is 59.0 Å². The predicted octanol–water partition coefficient (Wildman–Crippen LogP) is 6.45. The number of thioether (sulfide) groups is 1. The van der Waals surface area contributed by atoms with E-state index in [2.05, 4.69) is 31.2 Å². The van der Waals surface area contributed by atoms with E-state index in [9.17, 15) is 15.0 Å². The zero-order valence-corrected chi connectivity index (χ0v) is 22.5. The summed E-state index contributed by atoms with van der Waals surface area (Å²) in [4.78, 5) is 14.5. The number of hydrogen-bond acceptors (Lipinski definition) is 6. The highest BCUT2D eigenvalue weighted by Crippen LogP contribution is 2.52. The van der Waals surface area contributed by atoms with Gasteiger partial charge in [-0.2, -0.15) is 0 Å². The Balaban J connectivity index is 1.51. The number of ether oxygens (including phenoxy) is 2. The Bertz CT molecular complexity index is 1480. The van der Waals surface area contributed by atoms with Crippen LogP contribution < -0.4 is 4.74 Å². The lowest BCUT2D eigenvalue weighted by molar-refractivity contribution is -0.135. The molecule has 0 saturated carbocycles. The molecule has 3 aromatic carbocycles. The number of aryl methyl sites for hydroxylation is 1. The van der Waals surface area contributed by atoms with Crippen LogP contribution in [0.25, 0.3) is 15.7 Å². The lowest BCUT2D eigenvalue weighted by Crippen LogP contribution is -2.36. The van der Waals surface area contributed by atoms with Crippen molar-refractivity contribution in [2.24, 2.45) is 0 Å². The summed E-state index contributed by atoms with van der Waals surface area (Å²) in [6.07, 6.45) is 3.11. The van der Waals surface area contributed by atoms with Gasteiger partial charge in [0.05, 0.1) is 18.6 Å². The average molecular weight is 530 g/mol. The number of aliphatic hydroxyl groups excluding tert-OH is 1. The molecule has 7 heteroatoms. The minimum Gasteiger partial charge on any atom is -0.494 e. The molecule has 0 fully saturated rings. The number of allylic oxidation sites excluding steroid dienone is 1. The van der Waals surface area contributed by atoms with Gasteiger partial charge < -0.3 is 19.7 Å². The van der Waals surface area contributed by atoms with Gasteiger partial charge in [-0.3, -0.25) is 4.90 Å². The van der Waals surface area contributed by atoms with Crippen molar-refractivity contribution in [3.05, 3.63) is 105 Å². The normalized spacial score (nSPS) is 17.1. The highest BCUT2D eigenvalue weighted by molar-refractivity contribution is 8.12. The summed E-state index contributed by atoms with van der Waals surface area (Å²) in [5.74, 6) is 0.248. The van der Waals surface area contributed by atoms with E-state index in [4.69, 9.17) is 9.47 Å². The summed E-state index contributed by atoms with van der Waals surface area (Å²) in [6.45, 7) is 4.71. The van der Waals surface area contributed by atoms with Crippen molar-refractivity contribution in [1.82, 2.24) is 4.90 Å². The van der Waals surface area contributed by atoms with Gasteiger partial charge in [0.15, 0.2) is 12.0 Å². The Morgan fingerprint density at radius 3 is 2.63 bits per heavy atom. The van der Waals surface area contributed by atoms with E-state index in [1.165, 1.54) is 16.7 Å². The van der Waals surface area contributed by atoms with Gasteiger partial charge in [-0.15, -0.1) is 0 Å². The lowest BCUT2D eigenvalue weighted by atomic mass is 9.96. The Morgan fingerprint density at radius 2 is 1.89 bits per heavy atom. The number of unbranched alkanes of at least 4 members (excludes halogenated alkanes) is 1. The summed E-state index contributed by atoms with van der Waals surface area (Å²) in [5.41, 5.74) is 3.64. The monoisotopic (exact) mass is 529 g/mol. The van der Waals surface area contributed by atoms with Crippen LogP contribution in [0, 0.1) is 6.92 Å². The maximum Gasteiger partial charge on any atom is 0.353 e. The number of methoxy groups -OCH3 is 1. The van der Waals surface area contributed by atoms with E-state index < -0.39 is 12.2 Å². The second-order valence-corrected chi connectivity index (χ2v) is 10.4. The number of carboxylic acids is 1. The van der Waals surface area contributed by atoms with Crippen molar-refractivity contribution in [2.75, 3.05) is 13.7 Å². The van der Waals surface area contributed by atoms with Gasteiger partial charge >= 0.3 is 5.97 Å². The van der Waals surface area contributed by atoms with E-state index in [0.29, 0.717) is 28.7 Å². The number of rotatable bonds is 9. The molecule has 1 unspecified atom stereocenters. The number of carboxylic acid groups (broad SMARTS) is 1. The molecule has 196 valence electrons. The molecule has 0 amide bonds. The highest BCUT2D eigenvalue weighted by atomic mass is 32.2. The van der Waals surface area contributed by atoms with E-state index >= 15 is 0 Å². The van der Waals surface area contributed by atoms with Gasteiger partial charge in [-0.25, -0.2) is 4.79 Å². The third-order valence-corrected chi connectivity index (χ3v) is 8.04. The van der Waals surface area contributed by atoms with Crippen LogP contribution in [0.2, 0.25) is 0 Å². The lowest BCUT2D eigenvalue weighted by Gasteiger charge is -2.31. The highest BCUT2D eigenvalue weighted by Gasteiger charge is 2.42. The first kappa shape index (κ1) is 25.9. The Morgan fingerprint density at radius 1 is 1.11 bits per heavy atom. The van der Waals surface area contributed by atoms with Crippen molar-refractivity contribution in [1.29, 1.82) is 0 Å². The van der Waals surface area contributed by atoms with E-state index in [1.54, 1.807) is 13.2 Å². The molecule has 38 heavy (non-hydrogen) atoms. The van der Waals surface area contributed by atoms with Crippen molar-refractivity contribution < 1.29 is 24.5 Å². The quantitative estimate of drug-likeness (QED) is 0.309. The van der Waals surface area contributed by atoms with Crippen LogP contribution in [0.4, 0.5) is 0 Å². The maximum absolute atomic E-state index is 12.5. The van der Waals surface area contributed by atoms with Crippen LogP contribution in [-0.4, -0.2) is 41.0 Å². The SMILES string of the molecule is CCCCOc1ccc(C2=C(C(=O)O)N3C(=C(OC)C(Cc4cccc5ccccc45)=CC3O)S2)cc1C. The summed E-state index contributed by atoms with van der Waals surface area (Å²) in [7, 11) is 1.58. The molecule has 0 spiro atoms. The Labute approximate surface area is 226 Å². The standard InChI is InChI=1S/C31H31NO5S/c1-4-5-15-37-25-14-13-22(16-19(25)2)29-27(31(34)35)32-26(33)18-23(28(36-3)30(32)38-29)17-21-11-8-10-20-9-6-7-12-24(20)21/h6-14,16,18,26,33H,4-5,15,17H2,1-3H3,(H,34,35). The zero-order chi connectivity index (χ0) is 26.8. The van der Waals surface area contributed by atoms with Gasteiger partial charge in [0, 0.05) is 12.0 Å². The molecule has 2 aliphatic rings. The number of aliphatic carboxylic acids is 1. The van der Waals surface area contributed by atoms with Crippen molar-refractivity contribution >= 4 is 33.4 Å². The van der Waals surface area contributed by atoms with Crippen LogP contribution in [0.5, 0.6) is 5.75 Å². The number of hydrogen-bond donors (Lipinski definition) is 2. The number of aliphatic hydroxyl groups is 1. The van der Waals surface area contributed by atoms with Crippen LogP contribution in [-0.2, 0) is 16.0 Å². The molecule has 0 bridgehead atoms. The summed E-state index contributed by atoms with van der Waals surface area (Å²) >= 11 is 1.31. The first-order chi connectivity index (χ1) is 18.4. The summed E-state index contributed by atoms with van der Waals surface area (Å²) < 4.78 is 11.7. The second kappa shape index (κ2) is 11.0. The molecule has 3 aromatic rings. The molecule has 2 heterocycles.